The monoisotopic (exact) mass is 344 g/mol. The fourth-order valence-electron chi connectivity index (χ4n) is 1.87. The number of hydrogen-bond acceptors (Lipinski definition) is 5. The van der Waals surface area contributed by atoms with Gasteiger partial charge >= 0.3 is 0 Å². The highest BCUT2D eigenvalue weighted by atomic mass is 32.2. The van der Waals surface area contributed by atoms with E-state index < -0.39 is 10.0 Å². The molecule has 1 aromatic carbocycles. The van der Waals surface area contributed by atoms with Crippen LogP contribution in [0.4, 0.5) is 5.69 Å². The Hall–Kier alpha value is -1.48. The Balaban J connectivity index is 2.60. The van der Waals surface area contributed by atoms with Gasteiger partial charge in [0, 0.05) is 32.9 Å². The SMILES string of the molecule is COCCOCCCNS(=O)(=O)c1cc(NC(C)=O)ccc1C. The summed E-state index contributed by atoms with van der Waals surface area (Å²) in [4.78, 5) is 11.2. The van der Waals surface area contributed by atoms with Gasteiger partial charge in [0.25, 0.3) is 0 Å². The van der Waals surface area contributed by atoms with Crippen molar-refractivity contribution < 1.29 is 22.7 Å². The zero-order chi connectivity index (χ0) is 17.3. The number of aryl methyl sites for hydroxylation is 1. The zero-order valence-corrected chi connectivity index (χ0v) is 14.5. The molecule has 0 radical (unpaired) electrons. The Morgan fingerprint density at radius 1 is 1.22 bits per heavy atom. The Morgan fingerprint density at radius 3 is 2.61 bits per heavy atom. The molecule has 130 valence electrons. The van der Waals surface area contributed by atoms with E-state index in [-0.39, 0.29) is 17.3 Å². The molecule has 1 rings (SSSR count). The minimum Gasteiger partial charge on any atom is -0.382 e. The van der Waals surface area contributed by atoms with Crippen LogP contribution in [0.15, 0.2) is 23.1 Å². The van der Waals surface area contributed by atoms with E-state index in [1.165, 1.54) is 13.0 Å². The Morgan fingerprint density at radius 2 is 1.96 bits per heavy atom. The van der Waals surface area contributed by atoms with Crippen LogP contribution in [0.5, 0.6) is 0 Å². The number of ether oxygens (including phenoxy) is 2. The average molecular weight is 344 g/mol. The van der Waals surface area contributed by atoms with Crippen LogP contribution >= 0.6 is 0 Å². The number of sulfonamides is 1. The van der Waals surface area contributed by atoms with Crippen molar-refractivity contribution in [1.82, 2.24) is 4.72 Å². The van der Waals surface area contributed by atoms with Crippen LogP contribution in [0, 0.1) is 6.92 Å². The van der Waals surface area contributed by atoms with E-state index >= 15 is 0 Å². The molecule has 0 unspecified atom stereocenters. The van der Waals surface area contributed by atoms with Crippen LogP contribution in [0.2, 0.25) is 0 Å². The largest absolute Gasteiger partial charge is 0.382 e. The van der Waals surface area contributed by atoms with Crippen molar-refractivity contribution in [3.8, 4) is 0 Å². The van der Waals surface area contributed by atoms with Crippen LogP contribution in [0.1, 0.15) is 18.9 Å². The number of amides is 1. The van der Waals surface area contributed by atoms with Crippen molar-refractivity contribution in [3.05, 3.63) is 23.8 Å². The Bertz CT molecular complexity index is 616. The van der Waals surface area contributed by atoms with Gasteiger partial charge in [0.15, 0.2) is 0 Å². The molecule has 0 bridgehead atoms. The van der Waals surface area contributed by atoms with E-state index in [2.05, 4.69) is 10.0 Å². The lowest BCUT2D eigenvalue weighted by Crippen LogP contribution is -2.26. The lowest BCUT2D eigenvalue weighted by Gasteiger charge is -2.11. The molecule has 0 saturated carbocycles. The molecule has 0 saturated heterocycles. The summed E-state index contributed by atoms with van der Waals surface area (Å²) in [7, 11) is -2.04. The van der Waals surface area contributed by atoms with Gasteiger partial charge in [-0.25, -0.2) is 13.1 Å². The number of benzene rings is 1. The lowest BCUT2D eigenvalue weighted by atomic mass is 10.2. The predicted octanol–water partition coefficient (Wildman–Crippen LogP) is 1.28. The summed E-state index contributed by atoms with van der Waals surface area (Å²) < 4.78 is 37.3. The van der Waals surface area contributed by atoms with Crippen LogP contribution in [0.25, 0.3) is 0 Å². The molecule has 0 spiro atoms. The average Bonchev–Trinajstić information content (AvgIpc) is 2.47. The molecule has 0 atom stereocenters. The van der Waals surface area contributed by atoms with E-state index in [1.807, 2.05) is 0 Å². The van der Waals surface area contributed by atoms with Crippen LogP contribution in [-0.2, 0) is 24.3 Å². The van der Waals surface area contributed by atoms with E-state index in [9.17, 15) is 13.2 Å². The third kappa shape index (κ3) is 7.08. The van der Waals surface area contributed by atoms with Gasteiger partial charge in [0.05, 0.1) is 18.1 Å². The highest BCUT2D eigenvalue weighted by Crippen LogP contribution is 2.20. The fraction of sp³-hybridized carbons (Fsp3) is 0.533. The highest BCUT2D eigenvalue weighted by molar-refractivity contribution is 7.89. The standard InChI is InChI=1S/C15H24N2O5S/c1-12-5-6-14(17-13(2)18)11-15(12)23(19,20)16-7-4-8-22-10-9-21-3/h5-6,11,16H,4,7-10H2,1-3H3,(H,17,18). The smallest absolute Gasteiger partial charge is 0.240 e. The number of methoxy groups -OCH3 is 1. The van der Waals surface area contributed by atoms with Crippen molar-refractivity contribution in [2.75, 3.05) is 38.8 Å². The number of hydrogen-bond donors (Lipinski definition) is 2. The lowest BCUT2D eigenvalue weighted by molar-refractivity contribution is -0.114. The minimum absolute atomic E-state index is 0.157. The van der Waals surface area contributed by atoms with Gasteiger partial charge in [-0.3, -0.25) is 4.79 Å². The van der Waals surface area contributed by atoms with E-state index in [4.69, 9.17) is 9.47 Å². The summed E-state index contributed by atoms with van der Waals surface area (Å²) in [5.41, 5.74) is 1.06. The first kappa shape index (κ1) is 19.6. The molecular formula is C15H24N2O5S. The molecule has 0 aliphatic heterocycles. The summed E-state index contributed by atoms with van der Waals surface area (Å²) in [6.45, 7) is 4.81. The molecule has 7 nitrogen and oxygen atoms in total. The van der Waals surface area contributed by atoms with Gasteiger partial charge in [-0.15, -0.1) is 0 Å². The third-order valence-electron chi connectivity index (χ3n) is 2.99. The molecule has 0 fully saturated rings. The second kappa shape index (κ2) is 9.61. The highest BCUT2D eigenvalue weighted by Gasteiger charge is 2.17. The van der Waals surface area contributed by atoms with Gasteiger partial charge < -0.3 is 14.8 Å². The van der Waals surface area contributed by atoms with Gasteiger partial charge in [-0.05, 0) is 31.0 Å². The first-order chi connectivity index (χ1) is 10.9. The summed E-state index contributed by atoms with van der Waals surface area (Å²) in [6.07, 6.45) is 0.563. The Labute approximate surface area is 137 Å². The number of anilines is 1. The maximum absolute atomic E-state index is 12.3. The molecule has 0 heterocycles. The maximum Gasteiger partial charge on any atom is 0.240 e. The molecule has 8 heteroatoms. The first-order valence-corrected chi connectivity index (χ1v) is 8.79. The van der Waals surface area contributed by atoms with E-state index in [1.54, 1.807) is 26.2 Å². The van der Waals surface area contributed by atoms with E-state index in [0.29, 0.717) is 37.5 Å². The van der Waals surface area contributed by atoms with E-state index in [0.717, 1.165) is 0 Å². The van der Waals surface area contributed by atoms with Crippen molar-refractivity contribution >= 4 is 21.6 Å². The number of carbonyl (C=O) groups is 1. The Kier molecular flexibility index (Phi) is 8.18. The van der Waals surface area contributed by atoms with Crippen LogP contribution in [0.3, 0.4) is 0 Å². The summed E-state index contributed by atoms with van der Waals surface area (Å²) in [6, 6.07) is 4.78. The summed E-state index contributed by atoms with van der Waals surface area (Å²) in [5.74, 6) is -0.252. The van der Waals surface area contributed by atoms with Gasteiger partial charge in [-0.1, -0.05) is 6.07 Å². The zero-order valence-electron chi connectivity index (χ0n) is 13.7. The van der Waals surface area contributed by atoms with Crippen LogP contribution in [-0.4, -0.2) is 47.8 Å². The van der Waals surface area contributed by atoms with Crippen molar-refractivity contribution in [2.24, 2.45) is 0 Å². The maximum atomic E-state index is 12.3. The second-order valence-corrected chi connectivity index (χ2v) is 6.75. The quantitative estimate of drug-likeness (QED) is 0.624. The molecule has 0 aliphatic rings. The molecule has 0 aromatic heterocycles. The third-order valence-corrected chi connectivity index (χ3v) is 4.59. The molecular weight excluding hydrogens is 320 g/mol. The molecule has 23 heavy (non-hydrogen) atoms. The normalized spacial score (nSPS) is 11.4. The molecule has 2 N–H and O–H groups in total. The van der Waals surface area contributed by atoms with Crippen molar-refractivity contribution in [2.45, 2.75) is 25.2 Å². The second-order valence-electron chi connectivity index (χ2n) is 5.02. The first-order valence-electron chi connectivity index (χ1n) is 7.31. The van der Waals surface area contributed by atoms with Crippen LogP contribution < -0.4 is 10.0 Å². The van der Waals surface area contributed by atoms with Gasteiger partial charge in [-0.2, -0.15) is 0 Å². The molecule has 1 aromatic rings. The molecule has 0 aliphatic carbocycles. The van der Waals surface area contributed by atoms with Gasteiger partial charge in [0.1, 0.15) is 0 Å². The summed E-state index contributed by atoms with van der Waals surface area (Å²) in [5, 5.41) is 2.58. The topological polar surface area (TPSA) is 93.7 Å². The van der Waals surface area contributed by atoms with Crippen molar-refractivity contribution in [3.63, 3.8) is 0 Å². The number of carbonyl (C=O) groups excluding carboxylic acids is 1. The predicted molar refractivity (Wildman–Crippen MR) is 88.0 cm³/mol. The van der Waals surface area contributed by atoms with Crippen molar-refractivity contribution in [1.29, 1.82) is 0 Å². The number of rotatable bonds is 10. The minimum atomic E-state index is -3.63. The number of nitrogens with one attached hydrogen (secondary N) is 2. The summed E-state index contributed by atoms with van der Waals surface area (Å²) >= 11 is 0. The van der Waals surface area contributed by atoms with Gasteiger partial charge in [0.2, 0.25) is 15.9 Å². The fourth-order valence-corrected chi connectivity index (χ4v) is 3.22. The molecule has 1 amide bonds.